The minimum Gasteiger partial charge on any atom is -0.486 e. The van der Waals surface area contributed by atoms with Crippen LogP contribution in [-0.2, 0) is 5.41 Å². The van der Waals surface area contributed by atoms with Crippen molar-refractivity contribution in [3.63, 3.8) is 0 Å². The van der Waals surface area contributed by atoms with E-state index in [1.807, 2.05) is 22.7 Å². The van der Waals surface area contributed by atoms with Crippen molar-refractivity contribution < 1.29 is 9.47 Å². The number of benzene rings is 1. The molecule has 1 aromatic carbocycles. The Morgan fingerprint density at radius 2 is 1.82 bits per heavy atom. The SMILES string of the molecule is CC(C)(C)c1nnc2ccc(N3CCCC3c3ccc4c(c3)OCCO4)nn12. The van der Waals surface area contributed by atoms with Gasteiger partial charge in [0.05, 0.1) is 6.04 Å². The normalized spacial score (nSPS) is 19.4. The number of aromatic nitrogens is 4. The molecule has 0 amide bonds. The Labute approximate surface area is 164 Å². The second kappa shape index (κ2) is 6.36. The molecule has 4 heterocycles. The van der Waals surface area contributed by atoms with Crippen molar-refractivity contribution in [2.24, 2.45) is 0 Å². The maximum Gasteiger partial charge on any atom is 0.178 e. The highest BCUT2D eigenvalue weighted by atomic mass is 16.6. The average molecular weight is 379 g/mol. The number of rotatable bonds is 2. The summed E-state index contributed by atoms with van der Waals surface area (Å²) in [5.74, 6) is 3.50. The van der Waals surface area contributed by atoms with Crippen LogP contribution in [0.1, 0.15) is 51.0 Å². The van der Waals surface area contributed by atoms with Crippen LogP contribution in [0.3, 0.4) is 0 Å². The fourth-order valence-electron chi connectivity index (χ4n) is 4.05. The van der Waals surface area contributed by atoms with Crippen molar-refractivity contribution in [2.45, 2.75) is 45.1 Å². The van der Waals surface area contributed by atoms with Crippen LogP contribution in [0.25, 0.3) is 5.65 Å². The van der Waals surface area contributed by atoms with Crippen molar-refractivity contribution in [3.05, 3.63) is 41.7 Å². The minimum absolute atomic E-state index is 0.120. The Hall–Kier alpha value is -2.83. The molecule has 2 aliphatic rings. The van der Waals surface area contributed by atoms with Gasteiger partial charge in [0.1, 0.15) is 19.0 Å². The second-order valence-corrected chi connectivity index (χ2v) is 8.49. The standard InChI is InChI=1S/C21H25N5O2/c1-21(2,3)20-23-22-18-8-9-19(24-26(18)20)25-10-4-5-15(25)14-6-7-16-17(13-14)28-12-11-27-16/h6-9,13,15H,4-5,10-12H2,1-3H3. The lowest BCUT2D eigenvalue weighted by Gasteiger charge is -2.27. The third-order valence-electron chi connectivity index (χ3n) is 5.42. The molecule has 0 saturated carbocycles. The first kappa shape index (κ1) is 17.3. The Balaban J connectivity index is 1.52. The first-order valence-corrected chi connectivity index (χ1v) is 9.90. The highest BCUT2D eigenvalue weighted by molar-refractivity contribution is 5.51. The van der Waals surface area contributed by atoms with Crippen LogP contribution in [-0.4, -0.2) is 39.6 Å². The van der Waals surface area contributed by atoms with Crippen molar-refractivity contribution >= 4 is 11.5 Å². The molecule has 0 aliphatic carbocycles. The van der Waals surface area contributed by atoms with E-state index in [1.165, 1.54) is 5.56 Å². The molecule has 5 rings (SSSR count). The molecule has 1 atom stereocenters. The Kier molecular flexibility index (Phi) is 3.92. The van der Waals surface area contributed by atoms with Gasteiger partial charge in [-0.05, 0) is 42.7 Å². The summed E-state index contributed by atoms with van der Waals surface area (Å²) in [7, 11) is 0. The molecule has 7 nitrogen and oxygen atoms in total. The van der Waals surface area contributed by atoms with Crippen LogP contribution in [0.4, 0.5) is 5.82 Å². The molecule has 146 valence electrons. The summed E-state index contributed by atoms with van der Waals surface area (Å²) in [6, 6.07) is 10.6. The minimum atomic E-state index is -0.120. The summed E-state index contributed by atoms with van der Waals surface area (Å²) in [6.45, 7) is 8.58. The number of hydrogen-bond donors (Lipinski definition) is 0. The van der Waals surface area contributed by atoms with Crippen LogP contribution < -0.4 is 14.4 Å². The van der Waals surface area contributed by atoms with Crippen molar-refractivity contribution in [2.75, 3.05) is 24.7 Å². The molecule has 28 heavy (non-hydrogen) atoms. The van der Waals surface area contributed by atoms with Crippen LogP contribution in [0.5, 0.6) is 11.5 Å². The van der Waals surface area contributed by atoms with E-state index in [0.29, 0.717) is 13.2 Å². The van der Waals surface area contributed by atoms with E-state index in [4.69, 9.17) is 14.6 Å². The van der Waals surface area contributed by atoms with E-state index in [1.54, 1.807) is 0 Å². The number of nitrogens with zero attached hydrogens (tertiary/aromatic N) is 5. The number of ether oxygens (including phenoxy) is 2. The molecule has 1 saturated heterocycles. The van der Waals surface area contributed by atoms with E-state index in [0.717, 1.165) is 48.2 Å². The van der Waals surface area contributed by atoms with Crippen LogP contribution in [0.15, 0.2) is 30.3 Å². The van der Waals surface area contributed by atoms with Gasteiger partial charge < -0.3 is 14.4 Å². The fourth-order valence-corrected chi connectivity index (χ4v) is 4.05. The van der Waals surface area contributed by atoms with Crippen LogP contribution in [0.2, 0.25) is 0 Å². The van der Waals surface area contributed by atoms with Gasteiger partial charge in [0, 0.05) is 12.0 Å². The number of hydrogen-bond acceptors (Lipinski definition) is 6. The lowest BCUT2D eigenvalue weighted by molar-refractivity contribution is 0.171. The highest BCUT2D eigenvalue weighted by Gasteiger charge is 2.29. The molecular formula is C21H25N5O2. The Bertz CT molecular complexity index is 1020. The molecule has 7 heteroatoms. The van der Waals surface area contributed by atoms with E-state index < -0.39 is 0 Å². The van der Waals surface area contributed by atoms with Crippen molar-refractivity contribution in [1.29, 1.82) is 0 Å². The van der Waals surface area contributed by atoms with E-state index in [9.17, 15) is 0 Å². The molecule has 0 bridgehead atoms. The lowest BCUT2D eigenvalue weighted by atomic mass is 9.96. The predicted molar refractivity (Wildman–Crippen MR) is 106 cm³/mol. The average Bonchev–Trinajstić information content (AvgIpc) is 3.33. The molecular weight excluding hydrogens is 354 g/mol. The van der Waals surface area contributed by atoms with Gasteiger partial charge in [-0.3, -0.25) is 0 Å². The molecule has 2 aliphatic heterocycles. The first-order valence-electron chi connectivity index (χ1n) is 9.90. The zero-order chi connectivity index (χ0) is 19.3. The molecule has 0 spiro atoms. The summed E-state index contributed by atoms with van der Waals surface area (Å²) in [6.07, 6.45) is 2.22. The van der Waals surface area contributed by atoms with Gasteiger partial charge in [0.15, 0.2) is 23.0 Å². The van der Waals surface area contributed by atoms with Crippen molar-refractivity contribution in [3.8, 4) is 11.5 Å². The third kappa shape index (κ3) is 2.85. The molecule has 2 aromatic heterocycles. The summed E-state index contributed by atoms with van der Waals surface area (Å²) in [5.41, 5.74) is 1.90. The topological polar surface area (TPSA) is 64.8 Å². The van der Waals surface area contributed by atoms with Gasteiger partial charge in [-0.25, -0.2) is 0 Å². The van der Waals surface area contributed by atoms with Crippen LogP contribution in [0, 0.1) is 0 Å². The van der Waals surface area contributed by atoms with Gasteiger partial charge in [-0.15, -0.1) is 15.3 Å². The summed E-state index contributed by atoms with van der Waals surface area (Å²) < 4.78 is 13.3. The van der Waals surface area contributed by atoms with Crippen molar-refractivity contribution in [1.82, 2.24) is 19.8 Å². The monoisotopic (exact) mass is 379 g/mol. The smallest absolute Gasteiger partial charge is 0.178 e. The summed E-state index contributed by atoms with van der Waals surface area (Å²) in [5, 5.41) is 13.5. The third-order valence-corrected chi connectivity index (χ3v) is 5.42. The maximum absolute atomic E-state index is 5.79. The molecule has 1 fully saturated rings. The van der Waals surface area contributed by atoms with E-state index in [-0.39, 0.29) is 11.5 Å². The second-order valence-electron chi connectivity index (χ2n) is 8.49. The van der Waals surface area contributed by atoms with Crippen LogP contribution >= 0.6 is 0 Å². The Morgan fingerprint density at radius 3 is 2.64 bits per heavy atom. The summed E-state index contributed by atoms with van der Waals surface area (Å²) in [4.78, 5) is 2.37. The molecule has 0 radical (unpaired) electrons. The molecule has 0 N–H and O–H groups in total. The largest absolute Gasteiger partial charge is 0.486 e. The predicted octanol–water partition coefficient (Wildman–Crippen LogP) is 3.53. The van der Waals surface area contributed by atoms with E-state index in [2.05, 4.69) is 48.0 Å². The molecule has 1 unspecified atom stereocenters. The lowest BCUT2D eigenvalue weighted by Crippen LogP contribution is -2.25. The molecule has 3 aromatic rings. The van der Waals surface area contributed by atoms with Gasteiger partial charge in [-0.1, -0.05) is 26.8 Å². The fraction of sp³-hybridized carbons (Fsp3) is 0.476. The zero-order valence-corrected chi connectivity index (χ0v) is 16.6. The summed E-state index contributed by atoms with van der Waals surface area (Å²) >= 11 is 0. The van der Waals surface area contributed by atoms with Gasteiger partial charge >= 0.3 is 0 Å². The van der Waals surface area contributed by atoms with Gasteiger partial charge in [0.2, 0.25) is 0 Å². The zero-order valence-electron chi connectivity index (χ0n) is 16.6. The van der Waals surface area contributed by atoms with E-state index >= 15 is 0 Å². The highest BCUT2D eigenvalue weighted by Crippen LogP contribution is 2.39. The number of anilines is 1. The first-order chi connectivity index (χ1) is 13.5. The van der Waals surface area contributed by atoms with Gasteiger partial charge in [-0.2, -0.15) is 4.52 Å². The number of fused-ring (bicyclic) bond motifs is 2. The maximum atomic E-state index is 5.79. The van der Waals surface area contributed by atoms with Gasteiger partial charge in [0.25, 0.3) is 0 Å². The Morgan fingerprint density at radius 1 is 1.00 bits per heavy atom. The quantitative estimate of drug-likeness (QED) is 0.679.